The summed E-state index contributed by atoms with van der Waals surface area (Å²) in [6, 6.07) is 1.22. The molecule has 4 nitrogen and oxygen atoms in total. The van der Waals surface area contributed by atoms with Crippen LogP contribution in [0, 0.1) is 23.7 Å². The summed E-state index contributed by atoms with van der Waals surface area (Å²) in [5, 5.41) is 17.7. The SMILES string of the molecule is CC(C)(C)P(C[C]12[C]3(C(P)(C4CNCCN4)C4CNCCN4)[CH]4[C]5([Si](C)(C)C)[C]1([Si](C)(C)C)[Fe]42351678[CH]2[CH]1[CH]6[CH]7[CH]28)C1C2CC3CC(C2)CC1C3. The van der Waals surface area contributed by atoms with E-state index in [-0.39, 0.29) is 7.92 Å². The predicted octanol–water partition coefficient (Wildman–Crippen LogP) is 8.45. The van der Waals surface area contributed by atoms with Crippen molar-refractivity contribution in [1.29, 1.82) is 0 Å². The van der Waals surface area contributed by atoms with Crippen molar-refractivity contribution in [3.63, 3.8) is 0 Å². The summed E-state index contributed by atoms with van der Waals surface area (Å²) in [6.07, 6.45) is 9.92. The Morgan fingerprint density at radius 1 is 0.714 bits per heavy atom. The van der Waals surface area contributed by atoms with E-state index >= 15 is 0 Å². The molecule has 0 radical (unpaired) electrons. The second-order valence-electron chi connectivity index (χ2n) is 26.6. The zero-order chi connectivity index (χ0) is 33.7. The van der Waals surface area contributed by atoms with Crippen molar-refractivity contribution >= 4 is 33.3 Å². The molecular formula is C40H70FeN4P2Si2. The van der Waals surface area contributed by atoms with Crippen molar-refractivity contribution in [2.45, 2.75) is 166 Å². The molecule has 9 atom stereocenters. The van der Waals surface area contributed by atoms with Crippen LogP contribution in [0.3, 0.4) is 0 Å². The van der Waals surface area contributed by atoms with Crippen LogP contribution >= 0.6 is 17.2 Å². The quantitative estimate of drug-likeness (QED) is 0.148. The van der Waals surface area contributed by atoms with Gasteiger partial charge >= 0.3 is 296 Å². The maximum atomic E-state index is 4.40. The van der Waals surface area contributed by atoms with Crippen LogP contribution in [0.2, 0.25) is 84.7 Å². The summed E-state index contributed by atoms with van der Waals surface area (Å²) in [4.78, 5) is 7.91. The Hall–Kier alpha value is 1.65. The van der Waals surface area contributed by atoms with Gasteiger partial charge in [-0.15, -0.1) is 0 Å². The summed E-state index contributed by atoms with van der Waals surface area (Å²) in [6.45, 7) is 29.2. The third kappa shape index (κ3) is 0.896. The van der Waals surface area contributed by atoms with Crippen LogP contribution in [-0.4, -0.2) is 89.6 Å². The molecule has 16 fully saturated rings. The third-order valence-corrected chi connectivity index (χ3v) is 96.1. The molecule has 4 aliphatic carbocycles. The monoisotopic (exact) mass is 780 g/mol. The molecule has 4 saturated carbocycles. The minimum absolute atomic E-state index is 0.0174. The number of hydrogen-bond donors (Lipinski definition) is 4. The zero-order valence-electron chi connectivity index (χ0n) is 32.4. The predicted molar refractivity (Wildman–Crippen MR) is 214 cm³/mol. The minimum atomic E-state index is -4.40. The molecule has 0 aromatic rings. The Morgan fingerprint density at radius 2 is 1.20 bits per heavy atom. The van der Waals surface area contributed by atoms with Gasteiger partial charge in [0.15, 0.2) is 0 Å². The molecule has 0 aromatic heterocycles. The normalized spacial score (nSPS) is 74.9. The second kappa shape index (κ2) is 5.04. The van der Waals surface area contributed by atoms with Crippen LogP contribution in [-0.2, 0) is 6.51 Å². The van der Waals surface area contributed by atoms with Crippen LogP contribution in [0.25, 0.3) is 0 Å². The van der Waals surface area contributed by atoms with Gasteiger partial charge in [-0.3, -0.25) is 0 Å². The van der Waals surface area contributed by atoms with Gasteiger partial charge in [-0.2, -0.15) is 0 Å². The molecule has 1 spiro atoms. The van der Waals surface area contributed by atoms with E-state index in [1.54, 1.807) is 38.3 Å². The Balaban J connectivity index is 1.04. The molecular weight excluding hydrogens is 710 g/mol. The van der Waals surface area contributed by atoms with E-state index in [1.807, 2.05) is 0 Å². The van der Waals surface area contributed by atoms with Crippen molar-refractivity contribution in [3.05, 3.63) is 0 Å². The molecule has 12 heterocycles. The fourth-order valence-corrected chi connectivity index (χ4v) is 179. The first-order chi connectivity index (χ1) is 22.8. The fraction of sp³-hybridized carbons (Fsp3) is 1.00. The average molecular weight is 781 g/mol. The topological polar surface area (TPSA) is 48.1 Å². The van der Waals surface area contributed by atoms with Crippen LogP contribution in [0.5, 0.6) is 0 Å². The van der Waals surface area contributed by atoms with E-state index in [4.69, 9.17) is 0 Å². The number of fused-ring (bicyclic) bond motifs is 10. The molecule has 9 unspecified atom stereocenters. The Kier molecular flexibility index (Phi) is 3.08. The summed E-state index contributed by atoms with van der Waals surface area (Å²) in [7, 11) is 1.03. The van der Waals surface area contributed by atoms with Gasteiger partial charge in [0.25, 0.3) is 0 Å². The van der Waals surface area contributed by atoms with E-state index in [1.165, 1.54) is 55.1 Å². The summed E-state index contributed by atoms with van der Waals surface area (Å²) in [5.74, 6) is 4.39. The first kappa shape index (κ1) is 29.9. The molecule has 12 aliphatic heterocycles. The average Bonchev–Trinajstić information content (AvgIpc) is 3.98. The van der Waals surface area contributed by atoms with E-state index in [0.29, 0.717) is 22.4 Å². The first-order valence-corrected chi connectivity index (χ1v) is 36.7. The molecule has 4 bridgehead atoms. The van der Waals surface area contributed by atoms with Gasteiger partial charge in [-0.05, 0) is 0 Å². The van der Waals surface area contributed by atoms with Crippen molar-refractivity contribution in [1.82, 2.24) is 21.3 Å². The number of nitrogens with one attached hydrogen (secondary N) is 4. The van der Waals surface area contributed by atoms with Crippen molar-refractivity contribution in [2.75, 3.05) is 45.4 Å². The molecule has 16 aliphatic rings. The second-order valence-corrected chi connectivity index (χ2v) is 64.9. The van der Waals surface area contributed by atoms with E-state index in [0.717, 1.165) is 58.9 Å². The third-order valence-electron chi connectivity index (χ3n) is 27.3. The molecule has 276 valence electrons. The summed E-state index contributed by atoms with van der Waals surface area (Å²) in [5.41, 5.74) is 1.10. The number of piperazine rings is 2. The van der Waals surface area contributed by atoms with E-state index < -0.39 is 22.7 Å². The maximum absolute atomic E-state index is 4.40. The summed E-state index contributed by atoms with van der Waals surface area (Å²) < 4.78 is 3.44. The molecule has 0 amide bonds. The van der Waals surface area contributed by atoms with Crippen LogP contribution in [0.1, 0.15) is 52.9 Å². The molecule has 9 heteroatoms. The molecule has 16 rings (SSSR count). The van der Waals surface area contributed by atoms with E-state index in [9.17, 15) is 0 Å². The molecule has 4 N–H and O–H groups in total. The van der Waals surface area contributed by atoms with Crippen LogP contribution in [0.15, 0.2) is 0 Å². The van der Waals surface area contributed by atoms with Gasteiger partial charge in [0, 0.05) is 0 Å². The Morgan fingerprint density at radius 3 is 1.57 bits per heavy atom. The van der Waals surface area contributed by atoms with Gasteiger partial charge in [-0.25, -0.2) is 0 Å². The number of hydrogen-bond acceptors (Lipinski definition) is 4. The zero-order valence-corrected chi connectivity index (χ0v) is 37.5. The van der Waals surface area contributed by atoms with Gasteiger partial charge in [0.05, 0.1) is 0 Å². The molecule has 0 aromatic carbocycles. The van der Waals surface area contributed by atoms with Gasteiger partial charge < -0.3 is 0 Å². The summed E-state index contributed by atoms with van der Waals surface area (Å²) >= 11 is 0. The van der Waals surface area contributed by atoms with Gasteiger partial charge in [-0.1, -0.05) is 0 Å². The Labute approximate surface area is 294 Å². The van der Waals surface area contributed by atoms with Crippen LogP contribution < -0.4 is 21.3 Å². The standard InChI is InChI=1S/C35H65N4P2Si2.C5H5.Fe/c1-34(2,3)41(32-25-15-23-14-24(17-25)18-26(32)16-23)22-27-28(19-29(42(4,5)6)33(27)43(7,8)9)35(40,30-20-36-10-12-38-30)31-21-37-11-13-39-31;1-2-4-5-3-1;/h19,23-26,30-32,36-39H,10-18,20-22,40H2,1-9H3;1-5H;. The fourth-order valence-electron chi connectivity index (χ4n) is 32.2. The van der Waals surface area contributed by atoms with Gasteiger partial charge in [0.2, 0.25) is 0 Å². The van der Waals surface area contributed by atoms with E-state index in [2.05, 4.69) is 90.6 Å². The number of rotatable bonds is 8. The van der Waals surface area contributed by atoms with Crippen molar-refractivity contribution in [2.24, 2.45) is 23.7 Å². The van der Waals surface area contributed by atoms with Crippen LogP contribution in [0.4, 0.5) is 0 Å². The van der Waals surface area contributed by atoms with Crippen molar-refractivity contribution in [3.8, 4) is 0 Å². The molecule has 12 saturated heterocycles. The van der Waals surface area contributed by atoms with Crippen molar-refractivity contribution < 1.29 is 6.51 Å². The first-order valence-electron chi connectivity index (χ1n) is 21.5. The Bertz CT molecular complexity index is 2010. The molecule has 49 heavy (non-hydrogen) atoms. The van der Waals surface area contributed by atoms with Gasteiger partial charge in [0.1, 0.15) is 0 Å².